The molecule has 0 aliphatic heterocycles. The number of rotatable bonds is 21. The van der Waals surface area contributed by atoms with Crippen LogP contribution in [-0.2, 0) is 63.0 Å². The number of nitrogen functional groups attached to an aromatic ring is 1. The summed E-state index contributed by atoms with van der Waals surface area (Å²) in [6, 6.07) is 35.6. The molecule has 0 saturated heterocycles. The fourth-order valence-corrected chi connectivity index (χ4v) is 10.2. The van der Waals surface area contributed by atoms with Gasteiger partial charge < -0.3 is 75.5 Å². The number of hydrogen-bond donors (Lipinski definition) is 8. The van der Waals surface area contributed by atoms with E-state index in [2.05, 4.69) is 101 Å². The lowest BCUT2D eigenvalue weighted by atomic mass is 10.1. The number of H-pyrrole nitrogens is 2. The quantitative estimate of drug-likeness (QED) is 0.0109. The lowest BCUT2D eigenvalue weighted by Gasteiger charge is -2.10. The van der Waals surface area contributed by atoms with Gasteiger partial charge in [0.1, 0.15) is 11.0 Å². The Balaban J connectivity index is 0.000000172. The standard InChI is InChI=1S/C22H22ClN7O2.C17H18ClN5O3.C14H12ClN5O2.C9H11NO2.C5H2Cl2N4.ClH/c1-32-11-10-30-13-26-18-19(28-22(23)29-20(18)30)25-12-14-6-8-15(9-7-14)21(31)27-17-5-3-2-4-16(17)24;1-25-8-7-23-10-20-13-14(21-17(18)22-15(13)23)19-9-11-3-5-12(6-4-11)16(24)26-2;1-22-13(21)9-4-2-8(3-5-9)6-16-11-10-12(18-7-17-10)20-14(15)19-11;1-12-9(11)8-4-2-7(6-10)3-5-8;6-3-2-4(9-1-8-2)11-5(7)10-3;/h2-9,13H,10-12,24H2,1H3,(H,27,31)(H,25,28,29);3-6,10H,7-9H2,1-2H3,(H,19,21,22);2-5,7H,6H2,1H3,(H2,16,17,18,19,20);2-5H,6,10H2,1H3;1H,(H,8,9,10,11);1H. The largest absolute Gasteiger partial charge is 0.465 e. The number of amides is 1. The van der Waals surface area contributed by atoms with E-state index in [0.29, 0.717) is 148 Å². The van der Waals surface area contributed by atoms with E-state index in [0.717, 1.165) is 22.3 Å². The van der Waals surface area contributed by atoms with Gasteiger partial charge in [-0.2, -0.15) is 34.9 Å². The SMILES string of the molecule is COC(=O)c1ccc(CN)cc1.COC(=O)c1ccc(CNc2nc(Cl)nc3nc[nH]c23)cc1.COCCn1cnc2c(NCc3ccc(C(=O)Nc4ccccc4N)cc3)nc(Cl)nc21.COCCn1cnc2c(NCc3ccc(C(=O)OC)cc3)nc(Cl)nc21.Cl.Clc1nc(Cl)c2[nH]cnc2n1. The second-order valence-corrected chi connectivity index (χ2v) is 23.0. The van der Waals surface area contributed by atoms with Crippen molar-refractivity contribution in [1.29, 1.82) is 0 Å². The first-order valence-corrected chi connectivity index (χ1v) is 32.6. The van der Waals surface area contributed by atoms with Crippen LogP contribution in [0.15, 0.2) is 147 Å². The van der Waals surface area contributed by atoms with Gasteiger partial charge in [0.05, 0.1) is 87.9 Å². The lowest BCUT2D eigenvalue weighted by molar-refractivity contribution is 0.0592. The van der Waals surface area contributed by atoms with Gasteiger partial charge >= 0.3 is 17.9 Å². The molecule has 0 radical (unpaired) electrons. The third-order valence-corrected chi connectivity index (χ3v) is 15.5. The molecule has 10 N–H and O–H groups in total. The number of para-hydroxylation sites is 2. The van der Waals surface area contributed by atoms with Crippen LogP contribution in [0.5, 0.6) is 0 Å². The topological polar surface area (TPSA) is 411 Å². The minimum absolute atomic E-state index is 0. The zero-order chi connectivity index (χ0) is 73.4. The molecule has 0 atom stereocenters. The number of esters is 3. The number of imidazole rings is 4. The summed E-state index contributed by atoms with van der Waals surface area (Å²) in [5, 5.41) is 13.2. The van der Waals surface area contributed by atoms with Gasteiger partial charge in [-0.15, -0.1) is 12.4 Å². The average Bonchev–Trinajstić information content (AvgIpc) is 1.65. The fraction of sp³-hybridized carbons (Fsp3) is 0.194. The Morgan fingerprint density at radius 3 is 1.28 bits per heavy atom. The number of nitrogens with zero attached hydrogens (tertiary/aromatic N) is 14. The lowest BCUT2D eigenvalue weighted by Crippen LogP contribution is -2.13. The Morgan fingerprint density at radius 2 is 0.846 bits per heavy atom. The highest BCUT2D eigenvalue weighted by atomic mass is 35.5. The van der Waals surface area contributed by atoms with Crippen molar-refractivity contribution in [3.63, 3.8) is 0 Å². The molecule has 540 valence electrons. The Morgan fingerprint density at radius 1 is 0.462 bits per heavy atom. The van der Waals surface area contributed by atoms with Gasteiger partial charge in [0.15, 0.2) is 56.2 Å². The zero-order valence-electron chi connectivity index (χ0n) is 55.9. The van der Waals surface area contributed by atoms with Crippen LogP contribution >= 0.6 is 70.4 Å². The van der Waals surface area contributed by atoms with E-state index in [1.807, 2.05) is 69.8 Å². The highest BCUT2D eigenvalue weighted by molar-refractivity contribution is 6.35. The average molecular weight is 1540 g/mol. The molecule has 0 spiro atoms. The number of methoxy groups -OCH3 is 5. The van der Waals surface area contributed by atoms with Crippen molar-refractivity contribution in [3.05, 3.63) is 217 Å². The molecule has 0 bridgehead atoms. The van der Waals surface area contributed by atoms with E-state index in [4.69, 9.17) is 83.7 Å². The number of hydrogen-bond acceptors (Lipinski definition) is 26. The van der Waals surface area contributed by atoms with Crippen LogP contribution in [0.4, 0.5) is 28.8 Å². The highest BCUT2D eigenvalue weighted by Gasteiger charge is 2.17. The summed E-state index contributed by atoms with van der Waals surface area (Å²) in [5.41, 5.74) is 23.2. The predicted octanol–water partition coefficient (Wildman–Crippen LogP) is 11.5. The Kier molecular flexibility index (Phi) is 29.4. The Bertz CT molecular complexity index is 5010. The summed E-state index contributed by atoms with van der Waals surface area (Å²) in [4.78, 5) is 101. The van der Waals surface area contributed by atoms with Crippen molar-refractivity contribution in [2.24, 2.45) is 5.73 Å². The van der Waals surface area contributed by atoms with Gasteiger partial charge in [0.25, 0.3) is 5.91 Å². The number of nitrogens with two attached hydrogens (primary N) is 2. The minimum atomic E-state index is -0.365. The summed E-state index contributed by atoms with van der Waals surface area (Å²) in [6.07, 6.45) is 6.39. The molecule has 37 heteroatoms. The van der Waals surface area contributed by atoms with E-state index in [1.54, 1.807) is 87.5 Å². The Labute approximate surface area is 623 Å². The first kappa shape index (κ1) is 78.7. The van der Waals surface area contributed by atoms with Crippen LogP contribution in [0.2, 0.25) is 26.3 Å². The molecule has 8 aromatic heterocycles. The number of fused-ring (bicyclic) bond motifs is 4. The summed E-state index contributed by atoms with van der Waals surface area (Å²) in [7, 11) is 7.35. The highest BCUT2D eigenvalue weighted by Crippen LogP contribution is 2.26. The maximum Gasteiger partial charge on any atom is 0.337 e. The molecule has 0 saturated carbocycles. The Hall–Kier alpha value is -11.0. The van der Waals surface area contributed by atoms with Gasteiger partial charge in [-0.25, -0.2) is 39.3 Å². The number of nitrogens with one attached hydrogen (secondary N) is 6. The number of ether oxygens (including phenoxy) is 5. The van der Waals surface area contributed by atoms with Crippen molar-refractivity contribution < 1.29 is 42.9 Å². The van der Waals surface area contributed by atoms with Gasteiger partial charge in [-0.1, -0.05) is 72.3 Å². The number of aromatic amines is 2. The molecule has 31 nitrogen and oxygen atoms in total. The smallest absolute Gasteiger partial charge is 0.337 e. The number of carbonyl (C=O) groups is 4. The molecule has 104 heavy (non-hydrogen) atoms. The zero-order valence-corrected chi connectivity index (χ0v) is 60.5. The molecule has 13 rings (SSSR count). The van der Waals surface area contributed by atoms with E-state index in [1.165, 1.54) is 34.0 Å². The molecule has 13 aromatic rings. The van der Waals surface area contributed by atoms with E-state index < -0.39 is 0 Å². The number of anilines is 5. The normalized spacial score (nSPS) is 10.6. The van der Waals surface area contributed by atoms with E-state index in [9.17, 15) is 19.2 Å². The molecule has 5 aromatic carbocycles. The summed E-state index contributed by atoms with van der Waals surface area (Å²) in [5.74, 6) is 0.388. The second-order valence-electron chi connectivity index (χ2n) is 21.3. The molecular weight excluding hydrogens is 1470 g/mol. The maximum absolute atomic E-state index is 12.5. The van der Waals surface area contributed by atoms with Crippen LogP contribution in [-0.4, -0.2) is 151 Å². The van der Waals surface area contributed by atoms with Crippen molar-refractivity contribution in [2.75, 3.05) is 75.8 Å². The van der Waals surface area contributed by atoms with Crippen LogP contribution in [0.3, 0.4) is 0 Å². The molecule has 1 amide bonds. The first-order chi connectivity index (χ1) is 49.9. The third-order valence-electron chi connectivity index (χ3n) is 14.6. The van der Waals surface area contributed by atoms with Crippen LogP contribution < -0.4 is 32.7 Å². The molecule has 0 unspecified atom stereocenters. The fourth-order valence-electron chi connectivity index (χ4n) is 9.28. The number of aromatic nitrogens is 16. The minimum Gasteiger partial charge on any atom is -0.465 e. The van der Waals surface area contributed by atoms with Gasteiger partial charge in [-0.3, -0.25) is 4.79 Å². The first-order valence-electron chi connectivity index (χ1n) is 30.7. The van der Waals surface area contributed by atoms with Gasteiger partial charge in [0, 0.05) is 59.1 Å². The number of halogens is 6. The van der Waals surface area contributed by atoms with Crippen LogP contribution in [0.1, 0.15) is 63.7 Å². The van der Waals surface area contributed by atoms with E-state index >= 15 is 0 Å². The molecule has 0 fully saturated rings. The summed E-state index contributed by atoms with van der Waals surface area (Å²) >= 11 is 29.3. The molecule has 0 aliphatic rings. The number of carbonyl (C=O) groups excluding carboxylic acids is 4. The third kappa shape index (κ3) is 21.5. The predicted molar refractivity (Wildman–Crippen MR) is 399 cm³/mol. The van der Waals surface area contributed by atoms with Crippen molar-refractivity contribution in [1.82, 2.24) is 78.9 Å². The van der Waals surface area contributed by atoms with Gasteiger partial charge in [0.2, 0.25) is 21.1 Å². The molecule has 8 heterocycles. The van der Waals surface area contributed by atoms with Crippen LogP contribution in [0, 0.1) is 0 Å². The number of benzene rings is 5. The summed E-state index contributed by atoms with van der Waals surface area (Å²) in [6.45, 7) is 4.28. The van der Waals surface area contributed by atoms with Crippen LogP contribution in [0.25, 0.3) is 44.7 Å². The van der Waals surface area contributed by atoms with Gasteiger partial charge in [-0.05, 0) is 129 Å². The maximum atomic E-state index is 12.5. The van der Waals surface area contributed by atoms with Crippen molar-refractivity contribution in [2.45, 2.75) is 39.3 Å². The monoisotopic (exact) mass is 1530 g/mol. The van der Waals surface area contributed by atoms with Crippen molar-refractivity contribution >= 4 is 168 Å². The molecular formula is C67H66Cl6N22O9. The van der Waals surface area contributed by atoms with Crippen molar-refractivity contribution in [3.8, 4) is 0 Å². The second kappa shape index (κ2) is 38.9. The molecule has 0 aliphatic carbocycles. The van der Waals surface area contributed by atoms with E-state index in [-0.39, 0.29) is 62.5 Å². The summed E-state index contributed by atoms with van der Waals surface area (Å²) < 4.78 is 27.8.